The molecule has 0 aromatic heterocycles. The standard InChI is InChI=1S/C15H13F2NO3/c1-2-20-15(19)11-7-9(18)3-6-14(11)21-10-4-5-12(16)13(17)8-10/h3-8H,2,18H2,1H3. The van der Waals surface area contributed by atoms with Crippen molar-refractivity contribution in [3.05, 3.63) is 53.6 Å². The molecule has 2 rings (SSSR count). The van der Waals surface area contributed by atoms with Crippen molar-refractivity contribution >= 4 is 11.7 Å². The highest BCUT2D eigenvalue weighted by atomic mass is 19.2. The molecule has 0 aliphatic carbocycles. The van der Waals surface area contributed by atoms with Gasteiger partial charge in [0.2, 0.25) is 0 Å². The molecule has 6 heteroatoms. The van der Waals surface area contributed by atoms with E-state index in [0.29, 0.717) is 5.69 Å². The first kappa shape index (κ1) is 14.8. The van der Waals surface area contributed by atoms with Gasteiger partial charge in [0, 0.05) is 11.8 Å². The Hall–Kier alpha value is -2.63. The van der Waals surface area contributed by atoms with Crippen LogP contribution in [0, 0.1) is 11.6 Å². The van der Waals surface area contributed by atoms with Crippen LogP contribution in [0.5, 0.6) is 11.5 Å². The van der Waals surface area contributed by atoms with Gasteiger partial charge in [-0.3, -0.25) is 0 Å². The molecule has 0 heterocycles. The van der Waals surface area contributed by atoms with Gasteiger partial charge in [-0.1, -0.05) is 0 Å². The molecule has 2 N–H and O–H groups in total. The fourth-order valence-electron chi connectivity index (χ4n) is 1.67. The fraction of sp³-hybridized carbons (Fsp3) is 0.133. The number of benzene rings is 2. The Morgan fingerprint density at radius 1 is 1.14 bits per heavy atom. The molecular weight excluding hydrogens is 280 g/mol. The summed E-state index contributed by atoms with van der Waals surface area (Å²) in [7, 11) is 0. The van der Waals surface area contributed by atoms with Crippen LogP contribution >= 0.6 is 0 Å². The molecular formula is C15H13F2NO3. The van der Waals surface area contributed by atoms with E-state index in [2.05, 4.69) is 0 Å². The molecule has 0 saturated carbocycles. The van der Waals surface area contributed by atoms with E-state index in [1.165, 1.54) is 24.3 Å². The Morgan fingerprint density at radius 2 is 1.90 bits per heavy atom. The molecule has 0 unspecified atom stereocenters. The monoisotopic (exact) mass is 293 g/mol. The van der Waals surface area contributed by atoms with Gasteiger partial charge >= 0.3 is 5.97 Å². The van der Waals surface area contributed by atoms with Crippen LogP contribution in [0.2, 0.25) is 0 Å². The van der Waals surface area contributed by atoms with Crippen molar-refractivity contribution in [2.45, 2.75) is 6.92 Å². The van der Waals surface area contributed by atoms with Crippen LogP contribution in [0.1, 0.15) is 17.3 Å². The lowest BCUT2D eigenvalue weighted by molar-refractivity contribution is 0.0523. The molecule has 0 spiro atoms. The van der Waals surface area contributed by atoms with Crippen molar-refractivity contribution in [1.82, 2.24) is 0 Å². The molecule has 0 amide bonds. The minimum Gasteiger partial charge on any atom is -0.462 e. The second kappa shape index (κ2) is 6.21. The average molecular weight is 293 g/mol. The first-order valence-corrected chi connectivity index (χ1v) is 6.20. The molecule has 0 bridgehead atoms. The normalized spacial score (nSPS) is 10.2. The van der Waals surface area contributed by atoms with Crippen LogP contribution in [-0.4, -0.2) is 12.6 Å². The van der Waals surface area contributed by atoms with Gasteiger partial charge in [-0.25, -0.2) is 13.6 Å². The second-order valence-electron chi connectivity index (χ2n) is 4.15. The maximum absolute atomic E-state index is 13.2. The third-order valence-corrected chi connectivity index (χ3v) is 2.62. The van der Waals surface area contributed by atoms with Crippen LogP contribution in [0.4, 0.5) is 14.5 Å². The van der Waals surface area contributed by atoms with Gasteiger partial charge in [0.05, 0.1) is 6.61 Å². The van der Waals surface area contributed by atoms with Crippen LogP contribution in [-0.2, 0) is 4.74 Å². The summed E-state index contributed by atoms with van der Waals surface area (Å²) in [5.74, 6) is -2.42. The van der Waals surface area contributed by atoms with E-state index in [0.717, 1.165) is 12.1 Å². The number of hydrogen-bond acceptors (Lipinski definition) is 4. The van der Waals surface area contributed by atoms with Gasteiger partial charge in [0.1, 0.15) is 17.1 Å². The van der Waals surface area contributed by atoms with Crippen molar-refractivity contribution in [1.29, 1.82) is 0 Å². The number of carbonyl (C=O) groups excluding carboxylic acids is 1. The molecule has 0 fully saturated rings. The summed E-state index contributed by atoms with van der Waals surface area (Å²) in [6.45, 7) is 1.86. The summed E-state index contributed by atoms with van der Waals surface area (Å²) < 4.78 is 36.3. The highest BCUT2D eigenvalue weighted by Crippen LogP contribution is 2.28. The quantitative estimate of drug-likeness (QED) is 0.692. The maximum Gasteiger partial charge on any atom is 0.342 e. The molecule has 0 saturated heterocycles. The maximum atomic E-state index is 13.2. The summed E-state index contributed by atoms with van der Waals surface area (Å²) in [6, 6.07) is 7.46. The number of carbonyl (C=O) groups is 1. The number of esters is 1. The van der Waals surface area contributed by atoms with Crippen molar-refractivity contribution in [2.75, 3.05) is 12.3 Å². The zero-order valence-electron chi connectivity index (χ0n) is 11.2. The van der Waals surface area contributed by atoms with E-state index in [4.69, 9.17) is 15.2 Å². The van der Waals surface area contributed by atoms with E-state index in [1.54, 1.807) is 6.92 Å². The van der Waals surface area contributed by atoms with E-state index in [1.807, 2.05) is 0 Å². The predicted molar refractivity (Wildman–Crippen MR) is 73.2 cm³/mol. The van der Waals surface area contributed by atoms with Crippen molar-refractivity contribution < 1.29 is 23.0 Å². The zero-order valence-corrected chi connectivity index (χ0v) is 11.2. The van der Waals surface area contributed by atoms with E-state index >= 15 is 0 Å². The van der Waals surface area contributed by atoms with E-state index in [-0.39, 0.29) is 23.7 Å². The van der Waals surface area contributed by atoms with Crippen LogP contribution in [0.15, 0.2) is 36.4 Å². The SMILES string of the molecule is CCOC(=O)c1cc(N)ccc1Oc1ccc(F)c(F)c1. The molecule has 4 nitrogen and oxygen atoms in total. The Bertz CT molecular complexity index is 674. The Morgan fingerprint density at radius 3 is 2.57 bits per heavy atom. The van der Waals surface area contributed by atoms with Crippen LogP contribution in [0.3, 0.4) is 0 Å². The lowest BCUT2D eigenvalue weighted by Crippen LogP contribution is -2.07. The number of rotatable bonds is 4. The molecule has 21 heavy (non-hydrogen) atoms. The smallest absolute Gasteiger partial charge is 0.342 e. The molecule has 0 aliphatic heterocycles. The lowest BCUT2D eigenvalue weighted by Gasteiger charge is -2.11. The van der Waals surface area contributed by atoms with Crippen molar-refractivity contribution in [3.8, 4) is 11.5 Å². The van der Waals surface area contributed by atoms with Gasteiger partial charge in [0.15, 0.2) is 11.6 Å². The van der Waals surface area contributed by atoms with Gasteiger partial charge in [-0.15, -0.1) is 0 Å². The predicted octanol–water partition coefficient (Wildman–Crippen LogP) is 3.52. The van der Waals surface area contributed by atoms with Gasteiger partial charge < -0.3 is 15.2 Å². The number of halogens is 2. The Kier molecular flexibility index (Phi) is 4.37. The Labute approximate surface area is 120 Å². The Balaban J connectivity index is 2.34. The summed E-state index contributed by atoms with van der Waals surface area (Å²) in [4.78, 5) is 11.8. The van der Waals surface area contributed by atoms with E-state index < -0.39 is 17.6 Å². The van der Waals surface area contributed by atoms with Gasteiger partial charge in [0.25, 0.3) is 0 Å². The van der Waals surface area contributed by atoms with Gasteiger partial charge in [-0.05, 0) is 37.3 Å². The molecule has 0 atom stereocenters. The zero-order chi connectivity index (χ0) is 15.4. The largest absolute Gasteiger partial charge is 0.462 e. The van der Waals surface area contributed by atoms with Crippen molar-refractivity contribution in [2.24, 2.45) is 0 Å². The first-order chi connectivity index (χ1) is 10.0. The minimum absolute atomic E-state index is 0.0595. The van der Waals surface area contributed by atoms with E-state index in [9.17, 15) is 13.6 Å². The number of nitrogens with two attached hydrogens (primary N) is 1. The molecule has 0 aliphatic rings. The first-order valence-electron chi connectivity index (χ1n) is 6.20. The molecule has 110 valence electrons. The number of ether oxygens (including phenoxy) is 2. The summed E-state index contributed by atoms with van der Waals surface area (Å²) in [6.07, 6.45) is 0. The third kappa shape index (κ3) is 3.47. The highest BCUT2D eigenvalue weighted by molar-refractivity contribution is 5.93. The number of hydrogen-bond donors (Lipinski definition) is 1. The molecule has 2 aromatic carbocycles. The summed E-state index contributed by atoms with van der Waals surface area (Å²) in [5.41, 5.74) is 6.10. The van der Waals surface area contributed by atoms with Crippen LogP contribution < -0.4 is 10.5 Å². The number of anilines is 1. The highest BCUT2D eigenvalue weighted by Gasteiger charge is 2.15. The topological polar surface area (TPSA) is 61.5 Å². The molecule has 0 radical (unpaired) electrons. The average Bonchev–Trinajstić information content (AvgIpc) is 2.45. The minimum atomic E-state index is -1.04. The summed E-state index contributed by atoms with van der Waals surface area (Å²) >= 11 is 0. The third-order valence-electron chi connectivity index (χ3n) is 2.62. The van der Waals surface area contributed by atoms with Crippen molar-refractivity contribution in [3.63, 3.8) is 0 Å². The lowest BCUT2D eigenvalue weighted by atomic mass is 10.2. The fourth-order valence-corrected chi connectivity index (χ4v) is 1.67. The molecule has 2 aromatic rings. The second-order valence-corrected chi connectivity index (χ2v) is 4.15. The number of nitrogen functional groups attached to an aromatic ring is 1. The van der Waals surface area contributed by atoms with Gasteiger partial charge in [-0.2, -0.15) is 0 Å². The van der Waals surface area contributed by atoms with Crippen LogP contribution in [0.25, 0.3) is 0 Å². The summed E-state index contributed by atoms with van der Waals surface area (Å²) in [5, 5.41) is 0.